The minimum Gasteiger partial charge on any atom is -0.449 e. The average Bonchev–Trinajstić information content (AvgIpc) is 3.54. The fraction of sp³-hybridized carbons (Fsp3) is 0.405. The summed E-state index contributed by atoms with van der Waals surface area (Å²) in [5, 5.41) is 7.57. The van der Waals surface area contributed by atoms with Crippen molar-refractivity contribution in [1.82, 2.24) is 9.80 Å². The maximum atomic E-state index is 13.9. The lowest BCUT2D eigenvalue weighted by atomic mass is 9.83. The number of aryl methyl sites for hydroxylation is 1. The van der Waals surface area contributed by atoms with Gasteiger partial charge in [-0.15, -0.1) is 0 Å². The van der Waals surface area contributed by atoms with Gasteiger partial charge in [-0.1, -0.05) is 67.1 Å². The molecule has 5 rings (SSSR count). The molecule has 0 bridgehead atoms. The largest absolute Gasteiger partial charge is 0.449 e. The summed E-state index contributed by atoms with van der Waals surface area (Å²) < 4.78 is 5.68. The molecule has 3 aromatic carbocycles. The van der Waals surface area contributed by atoms with Crippen molar-refractivity contribution < 1.29 is 19.1 Å². The van der Waals surface area contributed by atoms with Gasteiger partial charge in [-0.3, -0.25) is 15.0 Å². The van der Waals surface area contributed by atoms with Gasteiger partial charge in [0.15, 0.2) is 0 Å². The Morgan fingerprint density at radius 1 is 0.956 bits per heavy atom. The zero-order valence-corrected chi connectivity index (χ0v) is 26.3. The Morgan fingerprint density at radius 3 is 2.44 bits per heavy atom. The summed E-state index contributed by atoms with van der Waals surface area (Å²) in [6, 6.07) is 23.8. The minimum absolute atomic E-state index is 0.00742. The molecule has 1 aliphatic carbocycles. The molecule has 1 saturated heterocycles. The van der Waals surface area contributed by atoms with Crippen molar-refractivity contribution in [2.45, 2.75) is 70.8 Å². The average molecular weight is 609 g/mol. The van der Waals surface area contributed by atoms with Gasteiger partial charge in [-0.05, 0) is 85.9 Å². The van der Waals surface area contributed by atoms with Gasteiger partial charge in [0.25, 0.3) is 5.91 Å². The van der Waals surface area contributed by atoms with Gasteiger partial charge < -0.3 is 15.4 Å². The molecule has 3 N–H and O–H groups in total. The molecule has 8 nitrogen and oxygen atoms in total. The van der Waals surface area contributed by atoms with Crippen LogP contribution in [0, 0.1) is 11.3 Å². The highest BCUT2D eigenvalue weighted by Crippen LogP contribution is 2.49. The maximum Gasteiger partial charge on any atom is 0.416 e. The second kappa shape index (κ2) is 14.5. The molecule has 1 heterocycles. The number of hydrogen-bond acceptors (Lipinski definition) is 5. The van der Waals surface area contributed by atoms with E-state index in [0.717, 1.165) is 41.5 Å². The second-order valence-electron chi connectivity index (χ2n) is 12.1. The third-order valence-corrected chi connectivity index (χ3v) is 9.25. The smallest absolute Gasteiger partial charge is 0.416 e. The van der Waals surface area contributed by atoms with Gasteiger partial charge >= 0.3 is 6.09 Å². The van der Waals surface area contributed by atoms with E-state index in [4.69, 9.17) is 15.9 Å². The van der Waals surface area contributed by atoms with Crippen LogP contribution in [0.3, 0.4) is 0 Å². The molecular weight excluding hydrogens is 564 g/mol. The van der Waals surface area contributed by atoms with Crippen LogP contribution in [0.15, 0.2) is 72.8 Å². The SMILES string of the molecule is CCN(CC)C(=O)c1cccc(-c2ccc3c(c2)[C@@H]2[C@@H](CCCCC(=N)N)C(=O)N(C(=O)OCCCc4ccccc4)[C@H]2C3)c1. The van der Waals surface area contributed by atoms with E-state index in [1.54, 1.807) is 0 Å². The third-order valence-electron chi connectivity index (χ3n) is 9.25. The molecule has 0 radical (unpaired) electrons. The Kier molecular flexibility index (Phi) is 10.3. The zero-order chi connectivity index (χ0) is 31.9. The molecular formula is C37H44N4O4. The van der Waals surface area contributed by atoms with Gasteiger partial charge in [0.1, 0.15) is 0 Å². The van der Waals surface area contributed by atoms with Crippen LogP contribution in [0.1, 0.15) is 78.9 Å². The number of nitrogens with one attached hydrogen (secondary N) is 1. The summed E-state index contributed by atoms with van der Waals surface area (Å²) in [4.78, 5) is 43.5. The number of ether oxygens (including phenoxy) is 1. The van der Waals surface area contributed by atoms with E-state index in [1.807, 2.05) is 61.2 Å². The number of imide groups is 1. The van der Waals surface area contributed by atoms with E-state index in [2.05, 4.69) is 30.3 Å². The van der Waals surface area contributed by atoms with Crippen LogP contribution >= 0.6 is 0 Å². The Morgan fingerprint density at radius 2 is 1.71 bits per heavy atom. The van der Waals surface area contributed by atoms with E-state index < -0.39 is 6.09 Å². The zero-order valence-electron chi connectivity index (χ0n) is 26.3. The van der Waals surface area contributed by atoms with Crippen LogP contribution in [-0.4, -0.2) is 59.3 Å². The lowest BCUT2D eigenvalue weighted by Crippen LogP contribution is -2.40. The van der Waals surface area contributed by atoms with Gasteiger partial charge in [0.05, 0.1) is 18.5 Å². The van der Waals surface area contributed by atoms with Crippen LogP contribution in [0.2, 0.25) is 0 Å². The van der Waals surface area contributed by atoms with Gasteiger partial charge in [0, 0.05) is 36.9 Å². The van der Waals surface area contributed by atoms with Gasteiger partial charge in [0.2, 0.25) is 5.91 Å². The molecule has 1 fully saturated rings. The van der Waals surface area contributed by atoms with Gasteiger partial charge in [-0.25, -0.2) is 9.69 Å². The number of fused-ring (bicyclic) bond motifs is 3. The maximum absolute atomic E-state index is 13.9. The molecule has 3 amide bonds. The number of hydrogen-bond donors (Lipinski definition) is 2. The minimum atomic E-state index is -0.565. The predicted molar refractivity (Wildman–Crippen MR) is 176 cm³/mol. The fourth-order valence-electron chi connectivity index (χ4n) is 6.95. The lowest BCUT2D eigenvalue weighted by molar-refractivity contribution is -0.130. The standard InChI is InChI=1S/C37H44N4O4/c1-3-40(4-2)35(42)29-16-10-15-26(22-29)27-19-20-28-24-32-34(31(28)23-27)30(17-8-9-18-33(38)39)36(43)41(32)37(44)45-21-11-14-25-12-6-5-7-13-25/h5-7,10,12-13,15-16,19-20,22-23,30,32,34H,3-4,8-9,11,14,17-18,21,24H2,1-2H3,(H3,38,39)/t30-,32+,34+/m1/s1. The highest BCUT2D eigenvalue weighted by atomic mass is 16.6. The number of amidine groups is 1. The Labute approximate surface area is 266 Å². The summed E-state index contributed by atoms with van der Waals surface area (Å²) in [5.74, 6) is -0.520. The number of benzene rings is 3. The molecule has 0 saturated carbocycles. The molecule has 8 heteroatoms. The van der Waals surface area contributed by atoms with Crippen LogP contribution in [0.5, 0.6) is 0 Å². The quantitative estimate of drug-likeness (QED) is 0.129. The molecule has 236 valence electrons. The van der Waals surface area contributed by atoms with Crippen LogP contribution < -0.4 is 5.73 Å². The Bertz CT molecular complexity index is 1530. The first kappa shape index (κ1) is 31.9. The Hall–Kier alpha value is -4.46. The molecule has 3 atom stereocenters. The van der Waals surface area contributed by atoms with E-state index in [-0.39, 0.29) is 42.1 Å². The van der Waals surface area contributed by atoms with Crippen molar-refractivity contribution in [3.8, 4) is 11.1 Å². The van der Waals surface area contributed by atoms with Crippen LogP contribution in [0.25, 0.3) is 11.1 Å². The number of carbonyl (C=O) groups is 3. The highest BCUT2D eigenvalue weighted by Gasteiger charge is 2.54. The number of rotatable bonds is 13. The fourth-order valence-corrected chi connectivity index (χ4v) is 6.95. The van der Waals surface area contributed by atoms with Crippen molar-refractivity contribution in [1.29, 1.82) is 5.41 Å². The molecule has 0 unspecified atom stereocenters. The predicted octanol–water partition coefficient (Wildman–Crippen LogP) is 6.57. The highest BCUT2D eigenvalue weighted by molar-refractivity contribution is 5.97. The summed E-state index contributed by atoms with van der Waals surface area (Å²) >= 11 is 0. The van der Waals surface area contributed by atoms with Crippen molar-refractivity contribution >= 4 is 23.7 Å². The monoisotopic (exact) mass is 608 g/mol. The van der Waals surface area contributed by atoms with E-state index >= 15 is 0 Å². The first-order chi connectivity index (χ1) is 21.8. The summed E-state index contributed by atoms with van der Waals surface area (Å²) in [5.41, 5.74) is 11.5. The first-order valence-electron chi connectivity index (χ1n) is 16.2. The topological polar surface area (TPSA) is 117 Å². The third kappa shape index (κ3) is 7.11. The van der Waals surface area contributed by atoms with Crippen LogP contribution in [-0.2, 0) is 22.4 Å². The number of amides is 3. The lowest BCUT2D eigenvalue weighted by Gasteiger charge is -2.21. The Balaban J connectivity index is 1.36. The molecule has 1 aliphatic heterocycles. The van der Waals surface area contributed by atoms with E-state index in [9.17, 15) is 14.4 Å². The number of unbranched alkanes of at least 4 members (excludes halogenated alkanes) is 1. The second-order valence-corrected chi connectivity index (χ2v) is 12.1. The van der Waals surface area contributed by atoms with Crippen molar-refractivity contribution in [2.24, 2.45) is 11.7 Å². The van der Waals surface area contributed by atoms with E-state index in [0.29, 0.717) is 44.3 Å². The molecule has 45 heavy (non-hydrogen) atoms. The summed E-state index contributed by atoms with van der Waals surface area (Å²) in [7, 11) is 0. The number of nitrogens with zero attached hydrogens (tertiary/aromatic N) is 2. The molecule has 3 aromatic rings. The normalized spacial score (nSPS) is 18.4. The number of carbonyl (C=O) groups excluding carboxylic acids is 3. The molecule has 0 aromatic heterocycles. The summed E-state index contributed by atoms with van der Waals surface area (Å²) in [6.07, 6.45) is 4.07. The van der Waals surface area contributed by atoms with Crippen molar-refractivity contribution in [3.63, 3.8) is 0 Å². The van der Waals surface area contributed by atoms with Crippen molar-refractivity contribution in [3.05, 3.63) is 95.1 Å². The van der Waals surface area contributed by atoms with Crippen LogP contribution in [0.4, 0.5) is 4.79 Å². The molecule has 2 aliphatic rings. The summed E-state index contributed by atoms with van der Waals surface area (Å²) in [6.45, 7) is 5.50. The molecule has 0 spiro atoms. The number of likely N-dealkylation sites (tertiary alicyclic amines) is 1. The first-order valence-corrected chi connectivity index (χ1v) is 16.2. The van der Waals surface area contributed by atoms with Gasteiger partial charge in [-0.2, -0.15) is 0 Å². The van der Waals surface area contributed by atoms with Crippen molar-refractivity contribution in [2.75, 3.05) is 19.7 Å². The van der Waals surface area contributed by atoms with E-state index in [1.165, 1.54) is 10.5 Å². The number of nitrogens with two attached hydrogens (primary N) is 1.